The zero-order valence-electron chi connectivity index (χ0n) is 14.8. The molecule has 1 aliphatic rings. The van der Waals surface area contributed by atoms with E-state index in [0.717, 1.165) is 19.3 Å². The number of carbonyl (C=O) groups is 2. The topological polar surface area (TPSA) is 37.4 Å². The van der Waals surface area contributed by atoms with E-state index in [1.807, 2.05) is 44.2 Å². The fourth-order valence-electron chi connectivity index (χ4n) is 3.54. The normalized spacial score (nSPS) is 20.3. The minimum absolute atomic E-state index is 0.0151. The molecule has 1 fully saturated rings. The van der Waals surface area contributed by atoms with Crippen molar-refractivity contribution in [1.29, 1.82) is 0 Å². The minimum atomic E-state index is 0.0151. The molecule has 1 saturated carbocycles. The monoisotopic (exact) mass is 315 g/mol. The molecule has 0 bridgehead atoms. The van der Waals surface area contributed by atoms with Gasteiger partial charge in [-0.1, -0.05) is 57.0 Å². The molecule has 3 nitrogen and oxygen atoms in total. The second-order valence-corrected chi connectivity index (χ2v) is 7.64. The highest BCUT2D eigenvalue weighted by Crippen LogP contribution is 2.41. The summed E-state index contributed by atoms with van der Waals surface area (Å²) >= 11 is 0. The van der Waals surface area contributed by atoms with Crippen LogP contribution in [0, 0.1) is 11.3 Å². The van der Waals surface area contributed by atoms with Crippen LogP contribution in [-0.2, 0) is 4.79 Å². The first-order valence-corrected chi connectivity index (χ1v) is 8.71. The van der Waals surface area contributed by atoms with Gasteiger partial charge in [0, 0.05) is 17.5 Å². The van der Waals surface area contributed by atoms with Gasteiger partial charge in [0.05, 0.1) is 6.54 Å². The third kappa shape index (κ3) is 4.21. The van der Waals surface area contributed by atoms with Crippen LogP contribution in [0.15, 0.2) is 30.3 Å². The minimum Gasteiger partial charge on any atom is -0.332 e. The van der Waals surface area contributed by atoms with Gasteiger partial charge in [-0.05, 0) is 32.1 Å². The van der Waals surface area contributed by atoms with Gasteiger partial charge in [0.25, 0.3) is 0 Å². The van der Waals surface area contributed by atoms with E-state index in [1.165, 1.54) is 6.42 Å². The van der Waals surface area contributed by atoms with Crippen LogP contribution in [-0.4, -0.2) is 29.2 Å². The van der Waals surface area contributed by atoms with Gasteiger partial charge in [-0.15, -0.1) is 0 Å². The van der Waals surface area contributed by atoms with Gasteiger partial charge in [0.15, 0.2) is 5.78 Å². The molecule has 126 valence electrons. The van der Waals surface area contributed by atoms with Crippen LogP contribution in [0.3, 0.4) is 0 Å². The Balaban J connectivity index is 2.15. The molecular weight excluding hydrogens is 286 g/mol. The smallest absolute Gasteiger partial charge is 0.226 e. The maximum Gasteiger partial charge on any atom is 0.226 e. The molecule has 23 heavy (non-hydrogen) atoms. The van der Waals surface area contributed by atoms with Gasteiger partial charge in [-0.2, -0.15) is 0 Å². The van der Waals surface area contributed by atoms with Crippen molar-refractivity contribution in [3.05, 3.63) is 35.9 Å². The Morgan fingerprint density at radius 1 is 1.17 bits per heavy atom. The number of hydrogen-bond acceptors (Lipinski definition) is 2. The van der Waals surface area contributed by atoms with Gasteiger partial charge in [0.2, 0.25) is 5.91 Å². The molecule has 0 saturated heterocycles. The average molecular weight is 315 g/mol. The Morgan fingerprint density at radius 2 is 1.83 bits per heavy atom. The lowest BCUT2D eigenvalue weighted by molar-refractivity contribution is -0.142. The molecule has 0 aromatic heterocycles. The molecule has 2 rings (SSSR count). The quantitative estimate of drug-likeness (QED) is 0.759. The number of rotatable bonds is 5. The van der Waals surface area contributed by atoms with Gasteiger partial charge in [-0.25, -0.2) is 0 Å². The molecule has 0 N–H and O–H groups in total. The first-order valence-electron chi connectivity index (χ1n) is 8.71. The lowest BCUT2D eigenvalue weighted by Crippen LogP contribution is -2.48. The highest BCUT2D eigenvalue weighted by molar-refractivity contribution is 5.99. The number of hydrogen-bond donors (Lipinski definition) is 0. The molecule has 1 aromatic rings. The Morgan fingerprint density at radius 3 is 2.39 bits per heavy atom. The molecule has 0 heterocycles. The summed E-state index contributed by atoms with van der Waals surface area (Å²) in [6.07, 6.45) is 4.33. The Hall–Kier alpha value is -1.64. The molecule has 1 aliphatic carbocycles. The molecule has 1 amide bonds. The Bertz CT molecular complexity index is 548. The van der Waals surface area contributed by atoms with Crippen molar-refractivity contribution in [2.24, 2.45) is 11.3 Å². The predicted molar refractivity (Wildman–Crippen MR) is 93.4 cm³/mol. The van der Waals surface area contributed by atoms with Crippen molar-refractivity contribution in [2.45, 2.75) is 59.4 Å². The maximum absolute atomic E-state index is 13.1. The third-order valence-corrected chi connectivity index (χ3v) is 5.12. The lowest BCUT2D eigenvalue weighted by atomic mass is 9.68. The summed E-state index contributed by atoms with van der Waals surface area (Å²) in [7, 11) is 0. The highest BCUT2D eigenvalue weighted by atomic mass is 16.2. The van der Waals surface area contributed by atoms with Crippen LogP contribution < -0.4 is 0 Å². The summed E-state index contributed by atoms with van der Waals surface area (Å²) in [4.78, 5) is 27.4. The molecule has 1 unspecified atom stereocenters. The van der Waals surface area contributed by atoms with Gasteiger partial charge >= 0.3 is 0 Å². The molecular formula is C20H29NO2. The van der Waals surface area contributed by atoms with Gasteiger partial charge in [-0.3, -0.25) is 9.59 Å². The Kier molecular flexibility index (Phi) is 5.61. The third-order valence-electron chi connectivity index (χ3n) is 5.12. The molecule has 1 atom stereocenters. The zero-order chi connectivity index (χ0) is 17.0. The van der Waals surface area contributed by atoms with Crippen LogP contribution >= 0.6 is 0 Å². The predicted octanol–water partition coefficient (Wildman–Crippen LogP) is 4.32. The first-order chi connectivity index (χ1) is 10.8. The fourth-order valence-corrected chi connectivity index (χ4v) is 3.54. The van der Waals surface area contributed by atoms with Gasteiger partial charge < -0.3 is 4.90 Å². The highest BCUT2D eigenvalue weighted by Gasteiger charge is 2.40. The van der Waals surface area contributed by atoms with Crippen LogP contribution in [0.5, 0.6) is 0 Å². The second-order valence-electron chi connectivity index (χ2n) is 7.64. The van der Waals surface area contributed by atoms with Crippen molar-refractivity contribution in [1.82, 2.24) is 4.90 Å². The second kappa shape index (κ2) is 7.29. The van der Waals surface area contributed by atoms with Crippen molar-refractivity contribution >= 4 is 11.7 Å². The molecule has 0 radical (unpaired) electrons. The number of benzene rings is 1. The van der Waals surface area contributed by atoms with E-state index in [1.54, 1.807) is 4.90 Å². The van der Waals surface area contributed by atoms with E-state index in [0.29, 0.717) is 5.56 Å². The van der Waals surface area contributed by atoms with E-state index in [-0.39, 0.29) is 35.6 Å². The van der Waals surface area contributed by atoms with E-state index < -0.39 is 0 Å². The summed E-state index contributed by atoms with van der Waals surface area (Å²) in [5.41, 5.74) is 0.701. The molecule has 1 aromatic carbocycles. The van der Waals surface area contributed by atoms with Crippen molar-refractivity contribution < 1.29 is 9.59 Å². The number of amides is 1. The summed E-state index contributed by atoms with van der Waals surface area (Å²) in [5, 5.41) is 0. The van der Waals surface area contributed by atoms with Gasteiger partial charge in [0.1, 0.15) is 0 Å². The van der Waals surface area contributed by atoms with E-state index in [9.17, 15) is 9.59 Å². The van der Waals surface area contributed by atoms with Crippen molar-refractivity contribution in [3.63, 3.8) is 0 Å². The van der Waals surface area contributed by atoms with Crippen LogP contribution in [0.4, 0.5) is 0 Å². The van der Waals surface area contributed by atoms with Crippen LogP contribution in [0.25, 0.3) is 0 Å². The van der Waals surface area contributed by atoms with E-state index in [4.69, 9.17) is 0 Å². The first kappa shape index (κ1) is 17.7. The largest absolute Gasteiger partial charge is 0.332 e. The van der Waals surface area contributed by atoms with Crippen molar-refractivity contribution in [3.8, 4) is 0 Å². The zero-order valence-corrected chi connectivity index (χ0v) is 14.8. The van der Waals surface area contributed by atoms with Crippen LogP contribution in [0.2, 0.25) is 0 Å². The standard InChI is InChI=1S/C20H29NO2/c1-15(2)21(14-18(22)16-10-6-5-7-11-16)19(23)17-12-8-9-13-20(17,3)4/h5-7,10-11,15,17H,8-9,12-14H2,1-4H3. The Labute approximate surface area is 140 Å². The summed E-state index contributed by atoms with van der Waals surface area (Å²) < 4.78 is 0. The average Bonchev–Trinajstić information content (AvgIpc) is 2.52. The summed E-state index contributed by atoms with van der Waals surface area (Å²) in [6, 6.07) is 9.28. The number of carbonyl (C=O) groups excluding carboxylic acids is 2. The molecule has 0 spiro atoms. The SMILES string of the molecule is CC(C)N(CC(=O)c1ccccc1)C(=O)C1CCCCC1(C)C. The van der Waals surface area contributed by atoms with E-state index in [2.05, 4.69) is 13.8 Å². The lowest BCUT2D eigenvalue weighted by Gasteiger charge is -2.41. The fraction of sp³-hybridized carbons (Fsp3) is 0.600. The van der Waals surface area contributed by atoms with Crippen LogP contribution in [0.1, 0.15) is 63.7 Å². The molecule has 3 heteroatoms. The summed E-state index contributed by atoms with van der Waals surface area (Å²) in [6.45, 7) is 8.53. The number of nitrogens with zero attached hydrogens (tertiary/aromatic N) is 1. The number of Topliss-reactive ketones (excluding diaryl/α,β-unsaturated/α-hetero) is 1. The number of ketones is 1. The van der Waals surface area contributed by atoms with Crippen molar-refractivity contribution in [2.75, 3.05) is 6.54 Å². The maximum atomic E-state index is 13.1. The van der Waals surface area contributed by atoms with E-state index >= 15 is 0 Å². The molecule has 0 aliphatic heterocycles. The summed E-state index contributed by atoms with van der Waals surface area (Å²) in [5.74, 6) is 0.192.